The molecular formula is C19H19Cl2NO2. The van der Waals surface area contributed by atoms with Crippen LogP contribution in [0.25, 0.3) is 0 Å². The maximum absolute atomic E-state index is 12.8. The quantitative estimate of drug-likeness (QED) is 0.867. The molecule has 0 radical (unpaired) electrons. The lowest BCUT2D eigenvalue weighted by Crippen LogP contribution is -2.34. The molecule has 5 heteroatoms. The highest BCUT2D eigenvalue weighted by atomic mass is 35.5. The second-order valence-electron chi connectivity index (χ2n) is 6.03. The minimum Gasteiger partial charge on any atom is -0.394 e. The molecule has 1 N–H and O–H groups in total. The van der Waals surface area contributed by atoms with Crippen molar-refractivity contribution in [3.8, 4) is 0 Å². The Kier molecular flexibility index (Phi) is 5.44. The summed E-state index contributed by atoms with van der Waals surface area (Å²) in [5.41, 5.74) is 1.77. The predicted molar refractivity (Wildman–Crippen MR) is 96.3 cm³/mol. The van der Waals surface area contributed by atoms with E-state index in [9.17, 15) is 9.90 Å². The average molecular weight is 364 g/mol. The van der Waals surface area contributed by atoms with Gasteiger partial charge in [-0.2, -0.15) is 0 Å². The Morgan fingerprint density at radius 3 is 2.38 bits per heavy atom. The van der Waals surface area contributed by atoms with E-state index in [1.54, 1.807) is 23.1 Å². The highest BCUT2D eigenvalue weighted by molar-refractivity contribution is 6.36. The van der Waals surface area contributed by atoms with Gasteiger partial charge in [0.25, 0.3) is 0 Å². The van der Waals surface area contributed by atoms with E-state index in [0.717, 1.165) is 17.5 Å². The maximum Gasteiger partial charge on any atom is 0.226 e. The lowest BCUT2D eigenvalue weighted by atomic mass is 9.97. The van der Waals surface area contributed by atoms with Crippen LogP contribution in [0.4, 0.5) is 0 Å². The number of hydrogen-bond donors (Lipinski definition) is 1. The number of carbonyl (C=O) groups is 1. The summed E-state index contributed by atoms with van der Waals surface area (Å²) in [5.74, 6) is -0.103. The fraction of sp³-hybridized carbons (Fsp3) is 0.316. The molecular weight excluding hydrogens is 345 g/mol. The van der Waals surface area contributed by atoms with Crippen LogP contribution < -0.4 is 0 Å². The smallest absolute Gasteiger partial charge is 0.226 e. The molecule has 24 heavy (non-hydrogen) atoms. The zero-order chi connectivity index (χ0) is 17.1. The first-order valence-corrected chi connectivity index (χ1v) is 8.76. The van der Waals surface area contributed by atoms with Crippen LogP contribution in [0.5, 0.6) is 0 Å². The number of hydrogen-bond acceptors (Lipinski definition) is 2. The van der Waals surface area contributed by atoms with Crippen molar-refractivity contribution >= 4 is 29.1 Å². The second-order valence-corrected chi connectivity index (χ2v) is 6.85. The lowest BCUT2D eigenvalue weighted by Gasteiger charge is -2.27. The molecule has 3 nitrogen and oxygen atoms in total. The minimum atomic E-state index is -0.301. The first kappa shape index (κ1) is 17.3. The number of nitrogens with zero attached hydrogens (tertiary/aromatic N) is 1. The van der Waals surface area contributed by atoms with E-state index in [4.69, 9.17) is 23.2 Å². The monoisotopic (exact) mass is 363 g/mol. The number of aliphatic hydroxyl groups excluding tert-OH is 1. The fourth-order valence-corrected chi connectivity index (χ4v) is 3.85. The van der Waals surface area contributed by atoms with Crippen molar-refractivity contribution in [2.45, 2.75) is 18.9 Å². The third-order valence-corrected chi connectivity index (χ3v) is 5.30. The summed E-state index contributed by atoms with van der Waals surface area (Å²) in [6.45, 7) is 0.543. The number of halogens is 2. The number of rotatable bonds is 5. The standard InChI is InChI=1S/C19H19Cl2NO2/c20-16-7-4-8-17(21)15(16)11-14-9-10-22(19(14)24)18(12-23)13-5-2-1-3-6-13/h1-8,14,18,23H,9-12H2/t14-,18-/m1/s1. The molecule has 0 saturated carbocycles. The average Bonchev–Trinajstić information content (AvgIpc) is 2.94. The van der Waals surface area contributed by atoms with Crippen LogP contribution >= 0.6 is 23.2 Å². The van der Waals surface area contributed by atoms with Crippen molar-refractivity contribution in [3.05, 3.63) is 69.7 Å². The third-order valence-electron chi connectivity index (χ3n) is 4.60. The lowest BCUT2D eigenvalue weighted by molar-refractivity contribution is -0.133. The summed E-state index contributed by atoms with van der Waals surface area (Å²) in [7, 11) is 0. The van der Waals surface area contributed by atoms with Gasteiger partial charge in [0.2, 0.25) is 5.91 Å². The van der Waals surface area contributed by atoms with Crippen molar-refractivity contribution in [3.63, 3.8) is 0 Å². The normalized spacial score (nSPS) is 18.9. The van der Waals surface area contributed by atoms with Crippen molar-refractivity contribution in [1.29, 1.82) is 0 Å². The largest absolute Gasteiger partial charge is 0.394 e. The van der Waals surface area contributed by atoms with E-state index < -0.39 is 0 Å². The van der Waals surface area contributed by atoms with Crippen LogP contribution in [0, 0.1) is 5.92 Å². The number of likely N-dealkylation sites (tertiary alicyclic amines) is 1. The molecule has 1 aliphatic rings. The number of amides is 1. The van der Waals surface area contributed by atoms with Gasteiger partial charge in [0.1, 0.15) is 0 Å². The van der Waals surface area contributed by atoms with E-state index in [1.165, 1.54) is 0 Å². The van der Waals surface area contributed by atoms with Crippen molar-refractivity contribution in [1.82, 2.24) is 4.90 Å². The van der Waals surface area contributed by atoms with Gasteiger partial charge in [0, 0.05) is 22.5 Å². The van der Waals surface area contributed by atoms with Gasteiger partial charge in [0.15, 0.2) is 0 Å². The van der Waals surface area contributed by atoms with Crippen LogP contribution in [0.2, 0.25) is 10.0 Å². The van der Waals surface area contributed by atoms with Gasteiger partial charge in [-0.15, -0.1) is 0 Å². The second kappa shape index (κ2) is 7.56. The molecule has 2 atom stereocenters. The summed E-state index contributed by atoms with van der Waals surface area (Å²) in [6, 6.07) is 14.7. The Morgan fingerprint density at radius 1 is 1.08 bits per heavy atom. The summed E-state index contributed by atoms with van der Waals surface area (Å²) in [5, 5.41) is 11.0. The van der Waals surface area contributed by atoms with Gasteiger partial charge in [0.05, 0.1) is 12.6 Å². The van der Waals surface area contributed by atoms with Gasteiger partial charge in [-0.05, 0) is 36.1 Å². The van der Waals surface area contributed by atoms with E-state index in [0.29, 0.717) is 23.0 Å². The van der Waals surface area contributed by atoms with Crippen molar-refractivity contribution < 1.29 is 9.90 Å². The SMILES string of the molecule is O=C1[C@@H](Cc2c(Cl)cccc2Cl)CCN1[C@H](CO)c1ccccc1. The summed E-state index contributed by atoms with van der Waals surface area (Å²) >= 11 is 12.5. The number of benzene rings is 2. The molecule has 2 aromatic rings. The van der Waals surface area contributed by atoms with Crippen LogP contribution in [-0.2, 0) is 11.2 Å². The van der Waals surface area contributed by atoms with Gasteiger partial charge in [-0.25, -0.2) is 0 Å². The fourth-order valence-electron chi connectivity index (χ4n) is 3.29. The molecule has 126 valence electrons. The Bertz CT molecular complexity index is 700. The molecule has 3 rings (SSSR count). The Morgan fingerprint density at radius 2 is 1.75 bits per heavy atom. The van der Waals surface area contributed by atoms with Gasteiger partial charge < -0.3 is 10.0 Å². The number of carbonyl (C=O) groups excluding carboxylic acids is 1. The van der Waals surface area contributed by atoms with Crippen LogP contribution in [0.3, 0.4) is 0 Å². The van der Waals surface area contributed by atoms with Crippen LogP contribution in [0.15, 0.2) is 48.5 Å². The summed E-state index contributed by atoms with van der Waals surface area (Å²) in [6.07, 6.45) is 1.27. The van der Waals surface area contributed by atoms with Crippen LogP contribution in [-0.4, -0.2) is 29.1 Å². The summed E-state index contributed by atoms with van der Waals surface area (Å²) < 4.78 is 0. The highest BCUT2D eigenvalue weighted by Crippen LogP contribution is 2.34. The first-order valence-electron chi connectivity index (χ1n) is 8.01. The topological polar surface area (TPSA) is 40.5 Å². The Balaban J connectivity index is 1.77. The zero-order valence-electron chi connectivity index (χ0n) is 13.2. The molecule has 1 saturated heterocycles. The van der Waals surface area contributed by atoms with Crippen molar-refractivity contribution in [2.75, 3.05) is 13.2 Å². The maximum atomic E-state index is 12.8. The Hall–Kier alpha value is -1.55. The molecule has 0 spiro atoms. The van der Waals surface area contributed by atoms with Gasteiger partial charge in [-0.1, -0.05) is 59.6 Å². The molecule has 0 unspecified atom stereocenters. The van der Waals surface area contributed by atoms with E-state index in [2.05, 4.69) is 0 Å². The summed E-state index contributed by atoms with van der Waals surface area (Å²) in [4.78, 5) is 14.6. The van der Waals surface area contributed by atoms with Crippen LogP contribution in [0.1, 0.15) is 23.6 Å². The molecule has 1 aliphatic heterocycles. The predicted octanol–water partition coefficient (Wildman–Crippen LogP) is 4.12. The van der Waals surface area contributed by atoms with E-state index in [-0.39, 0.29) is 24.5 Å². The highest BCUT2D eigenvalue weighted by Gasteiger charge is 2.36. The van der Waals surface area contributed by atoms with E-state index >= 15 is 0 Å². The van der Waals surface area contributed by atoms with Gasteiger partial charge >= 0.3 is 0 Å². The Labute approximate surface area is 151 Å². The molecule has 1 heterocycles. The molecule has 1 fully saturated rings. The molecule has 1 amide bonds. The minimum absolute atomic E-state index is 0.0499. The van der Waals surface area contributed by atoms with Crippen molar-refractivity contribution in [2.24, 2.45) is 5.92 Å². The molecule has 0 aliphatic carbocycles. The van der Waals surface area contributed by atoms with Gasteiger partial charge in [-0.3, -0.25) is 4.79 Å². The third kappa shape index (κ3) is 3.44. The number of aliphatic hydroxyl groups is 1. The molecule has 0 bridgehead atoms. The molecule has 2 aromatic carbocycles. The molecule has 0 aromatic heterocycles. The van der Waals surface area contributed by atoms with E-state index in [1.807, 2.05) is 30.3 Å². The zero-order valence-corrected chi connectivity index (χ0v) is 14.7. The first-order chi connectivity index (χ1) is 11.6.